The Morgan fingerprint density at radius 2 is 1.79 bits per heavy atom. The van der Waals surface area contributed by atoms with Crippen LogP contribution in [0.1, 0.15) is 22.3 Å². The van der Waals surface area contributed by atoms with Crippen LogP contribution < -0.4 is 5.32 Å². The molecule has 8 heteroatoms. The van der Waals surface area contributed by atoms with E-state index in [1.807, 2.05) is 30.3 Å². The van der Waals surface area contributed by atoms with Gasteiger partial charge in [-0.3, -0.25) is 9.59 Å². The maximum atomic E-state index is 12.2. The fraction of sp³-hybridized carbons (Fsp3) is 0.300. The zero-order chi connectivity index (χ0) is 20.0. The molecule has 1 atom stereocenters. The standard InChI is InChI=1S/C20H21NO5S2/c22-19(13-27-18-10-11-28(24,25)14-18)26-12-15-6-8-16(9-7-15)20(23)21-17-4-2-1-3-5-17/h1-9,18H,10-14H2,(H,21,23)/t18-/m1/s1. The van der Waals surface area contributed by atoms with Gasteiger partial charge in [-0.2, -0.15) is 0 Å². The van der Waals surface area contributed by atoms with E-state index >= 15 is 0 Å². The molecule has 2 aromatic carbocycles. The van der Waals surface area contributed by atoms with Crippen molar-refractivity contribution in [2.24, 2.45) is 0 Å². The van der Waals surface area contributed by atoms with E-state index in [9.17, 15) is 18.0 Å². The first-order valence-electron chi connectivity index (χ1n) is 8.84. The molecule has 0 radical (unpaired) electrons. The minimum absolute atomic E-state index is 0.0278. The van der Waals surface area contributed by atoms with Crippen molar-refractivity contribution >= 4 is 39.2 Å². The number of thioether (sulfide) groups is 1. The molecule has 28 heavy (non-hydrogen) atoms. The van der Waals surface area contributed by atoms with Crippen LogP contribution in [0.4, 0.5) is 5.69 Å². The molecule has 1 amide bonds. The van der Waals surface area contributed by atoms with Gasteiger partial charge in [-0.05, 0) is 36.2 Å². The Labute approximate surface area is 168 Å². The molecular formula is C20H21NO5S2. The fourth-order valence-corrected chi connectivity index (χ4v) is 6.20. The first-order chi connectivity index (χ1) is 13.4. The molecule has 2 aromatic rings. The van der Waals surface area contributed by atoms with E-state index in [2.05, 4.69) is 5.32 Å². The van der Waals surface area contributed by atoms with Gasteiger partial charge >= 0.3 is 5.97 Å². The second-order valence-corrected chi connectivity index (χ2v) is 10.0. The number of sulfone groups is 1. The van der Waals surface area contributed by atoms with E-state index in [0.717, 1.165) is 11.3 Å². The molecule has 6 nitrogen and oxygen atoms in total. The second-order valence-electron chi connectivity index (χ2n) is 6.51. The smallest absolute Gasteiger partial charge is 0.316 e. The van der Waals surface area contributed by atoms with Crippen molar-refractivity contribution in [3.8, 4) is 0 Å². The van der Waals surface area contributed by atoms with E-state index in [4.69, 9.17) is 4.74 Å². The van der Waals surface area contributed by atoms with Crippen molar-refractivity contribution in [2.75, 3.05) is 22.6 Å². The third kappa shape index (κ3) is 6.10. The molecule has 0 aromatic heterocycles. The Morgan fingerprint density at radius 3 is 2.43 bits per heavy atom. The molecule has 3 rings (SSSR count). The largest absolute Gasteiger partial charge is 0.460 e. The van der Waals surface area contributed by atoms with Gasteiger partial charge < -0.3 is 10.1 Å². The van der Waals surface area contributed by atoms with Crippen LogP contribution in [0.15, 0.2) is 54.6 Å². The van der Waals surface area contributed by atoms with Gasteiger partial charge in [0, 0.05) is 16.5 Å². The van der Waals surface area contributed by atoms with Crippen LogP contribution in [0.3, 0.4) is 0 Å². The lowest BCUT2D eigenvalue weighted by molar-refractivity contribution is -0.141. The quantitative estimate of drug-likeness (QED) is 0.694. The van der Waals surface area contributed by atoms with Gasteiger partial charge in [0.25, 0.3) is 5.91 Å². The Balaban J connectivity index is 1.42. The topological polar surface area (TPSA) is 89.5 Å². The monoisotopic (exact) mass is 419 g/mol. The van der Waals surface area contributed by atoms with E-state index in [-0.39, 0.29) is 41.0 Å². The Bertz CT molecular complexity index is 927. The number of benzene rings is 2. The molecule has 1 N–H and O–H groups in total. The lowest BCUT2D eigenvalue weighted by atomic mass is 10.1. The summed E-state index contributed by atoms with van der Waals surface area (Å²) in [4.78, 5) is 24.1. The molecule has 0 spiro atoms. The summed E-state index contributed by atoms with van der Waals surface area (Å²) in [7, 11) is -2.94. The first-order valence-corrected chi connectivity index (χ1v) is 11.7. The third-order valence-electron chi connectivity index (χ3n) is 4.28. The minimum Gasteiger partial charge on any atom is -0.460 e. The second kappa shape index (κ2) is 9.25. The Kier molecular flexibility index (Phi) is 6.74. The Morgan fingerprint density at radius 1 is 1.07 bits per heavy atom. The highest BCUT2D eigenvalue weighted by atomic mass is 32.2. The van der Waals surface area contributed by atoms with Crippen molar-refractivity contribution < 1.29 is 22.7 Å². The van der Waals surface area contributed by atoms with Gasteiger partial charge in [0.2, 0.25) is 0 Å². The van der Waals surface area contributed by atoms with Gasteiger partial charge in [-0.25, -0.2) is 8.42 Å². The summed E-state index contributed by atoms with van der Waals surface area (Å²) in [6.45, 7) is 0.114. The van der Waals surface area contributed by atoms with Crippen molar-refractivity contribution in [3.05, 3.63) is 65.7 Å². The van der Waals surface area contributed by atoms with Crippen molar-refractivity contribution in [2.45, 2.75) is 18.3 Å². The van der Waals surface area contributed by atoms with Crippen LogP contribution in [-0.4, -0.2) is 42.8 Å². The first kappa shape index (κ1) is 20.4. The molecule has 0 unspecified atom stereocenters. The van der Waals surface area contributed by atoms with Crippen molar-refractivity contribution in [1.82, 2.24) is 0 Å². The zero-order valence-corrected chi connectivity index (χ0v) is 16.8. The SMILES string of the molecule is O=C(CS[C@@H]1CCS(=O)(=O)C1)OCc1ccc(C(=O)Nc2ccccc2)cc1. The highest BCUT2D eigenvalue weighted by Crippen LogP contribution is 2.24. The van der Waals surface area contributed by atoms with E-state index in [0.29, 0.717) is 12.0 Å². The average molecular weight is 420 g/mol. The molecule has 1 saturated heterocycles. The lowest BCUT2D eigenvalue weighted by Gasteiger charge is -2.09. The van der Waals surface area contributed by atoms with Gasteiger partial charge in [0.15, 0.2) is 9.84 Å². The van der Waals surface area contributed by atoms with Gasteiger partial charge in [0.1, 0.15) is 6.61 Å². The average Bonchev–Trinajstić information content (AvgIpc) is 3.04. The number of esters is 1. The van der Waals surface area contributed by atoms with E-state index < -0.39 is 9.84 Å². The van der Waals surface area contributed by atoms with Gasteiger partial charge in [-0.1, -0.05) is 30.3 Å². The molecule has 0 aliphatic carbocycles. The van der Waals surface area contributed by atoms with Gasteiger partial charge in [0.05, 0.1) is 17.3 Å². The number of carbonyl (C=O) groups is 2. The summed E-state index contributed by atoms with van der Waals surface area (Å²) >= 11 is 1.33. The van der Waals surface area contributed by atoms with Crippen LogP contribution in [0.25, 0.3) is 0 Å². The maximum Gasteiger partial charge on any atom is 0.316 e. The number of anilines is 1. The summed E-state index contributed by atoms with van der Waals surface area (Å²) in [5.41, 5.74) is 2.01. The summed E-state index contributed by atoms with van der Waals surface area (Å²) < 4.78 is 28.1. The fourth-order valence-electron chi connectivity index (χ4n) is 2.76. The highest BCUT2D eigenvalue weighted by Gasteiger charge is 2.28. The van der Waals surface area contributed by atoms with E-state index in [1.165, 1.54) is 11.8 Å². The number of carbonyl (C=O) groups excluding carboxylic acids is 2. The summed E-state index contributed by atoms with van der Waals surface area (Å²) in [6.07, 6.45) is 0.590. The maximum absolute atomic E-state index is 12.2. The molecule has 1 fully saturated rings. The molecule has 0 saturated carbocycles. The van der Waals surface area contributed by atoms with E-state index in [1.54, 1.807) is 24.3 Å². The molecule has 1 heterocycles. The number of amides is 1. The van der Waals surface area contributed by atoms with Gasteiger partial charge in [-0.15, -0.1) is 11.8 Å². The predicted octanol–water partition coefficient (Wildman–Crippen LogP) is 2.90. The molecule has 1 aliphatic heterocycles. The minimum atomic E-state index is -2.94. The number of para-hydroxylation sites is 1. The molecule has 148 valence electrons. The predicted molar refractivity (Wildman–Crippen MR) is 110 cm³/mol. The number of hydrogen-bond donors (Lipinski definition) is 1. The van der Waals surface area contributed by atoms with Crippen molar-refractivity contribution in [1.29, 1.82) is 0 Å². The van der Waals surface area contributed by atoms with Crippen LogP contribution in [-0.2, 0) is 26.0 Å². The van der Waals surface area contributed by atoms with Crippen LogP contribution in [0.5, 0.6) is 0 Å². The summed E-state index contributed by atoms with van der Waals surface area (Å²) in [5, 5.41) is 2.78. The Hall–Kier alpha value is -2.32. The normalized spacial score (nSPS) is 17.8. The van der Waals surface area contributed by atoms with Crippen molar-refractivity contribution in [3.63, 3.8) is 0 Å². The third-order valence-corrected chi connectivity index (χ3v) is 7.53. The molecule has 0 bridgehead atoms. The number of ether oxygens (including phenoxy) is 1. The number of rotatable bonds is 7. The molecule has 1 aliphatic rings. The number of hydrogen-bond acceptors (Lipinski definition) is 6. The lowest BCUT2D eigenvalue weighted by Crippen LogP contribution is -2.13. The zero-order valence-electron chi connectivity index (χ0n) is 15.2. The van der Waals surface area contributed by atoms with Crippen LogP contribution >= 0.6 is 11.8 Å². The summed E-state index contributed by atoms with van der Waals surface area (Å²) in [6, 6.07) is 16.0. The highest BCUT2D eigenvalue weighted by molar-refractivity contribution is 8.02. The number of nitrogens with one attached hydrogen (secondary N) is 1. The van der Waals surface area contributed by atoms with Crippen LogP contribution in [0.2, 0.25) is 0 Å². The molecular weight excluding hydrogens is 398 g/mol. The summed E-state index contributed by atoms with van der Waals surface area (Å²) in [5.74, 6) is -0.114. The van der Waals surface area contributed by atoms with Crippen LogP contribution in [0, 0.1) is 0 Å².